The average molecular weight is 465 g/mol. The van der Waals surface area contributed by atoms with Crippen LogP contribution in [0.3, 0.4) is 0 Å². The summed E-state index contributed by atoms with van der Waals surface area (Å²) in [6.45, 7) is 2.07. The second-order valence-electron chi connectivity index (χ2n) is 6.76. The molecule has 2 aromatic rings. The minimum atomic E-state index is -3.56. The predicted molar refractivity (Wildman–Crippen MR) is 111 cm³/mol. The van der Waals surface area contributed by atoms with Crippen molar-refractivity contribution in [3.63, 3.8) is 0 Å². The molecule has 0 spiro atoms. The van der Waals surface area contributed by atoms with Gasteiger partial charge < -0.3 is 5.32 Å². The van der Waals surface area contributed by atoms with Crippen molar-refractivity contribution >= 4 is 43.3 Å². The van der Waals surface area contributed by atoms with Gasteiger partial charge in [-0.2, -0.15) is 4.31 Å². The summed E-state index contributed by atoms with van der Waals surface area (Å²) in [5.41, 5.74) is 1.11. The second-order valence-corrected chi connectivity index (χ2v) is 9.61. The number of amides is 1. The number of hydrogen-bond donors (Lipinski definition) is 1. The number of piperidine rings is 1. The smallest absolute Gasteiger partial charge is 0.243 e. The Kier molecular flexibility index (Phi) is 6.32. The van der Waals surface area contributed by atoms with E-state index in [1.165, 1.54) is 11.2 Å². The molecule has 8 heteroatoms. The number of halogens is 1. The molecule has 1 aliphatic heterocycles. The van der Waals surface area contributed by atoms with Crippen molar-refractivity contribution in [2.24, 2.45) is 5.92 Å². The highest BCUT2D eigenvalue weighted by atomic mass is 79.9. The molecule has 148 valence electrons. The Hall–Kier alpha value is -2.03. The number of Topliss-reactive ketones (excluding diaryl/α,β-unsaturated/α-hetero) is 1. The summed E-state index contributed by atoms with van der Waals surface area (Å²) in [6.07, 6.45) is 0.905. The SMILES string of the molecule is CC(=O)c1cccc(NC(=O)C2CCN(S(=O)(=O)c3ccc(Br)cc3)CC2)c1. The van der Waals surface area contributed by atoms with Gasteiger partial charge in [0.15, 0.2) is 5.78 Å². The minimum absolute atomic E-state index is 0.0671. The van der Waals surface area contributed by atoms with Gasteiger partial charge in [-0.25, -0.2) is 8.42 Å². The number of nitrogens with zero attached hydrogens (tertiary/aromatic N) is 1. The van der Waals surface area contributed by atoms with Gasteiger partial charge in [0.25, 0.3) is 0 Å². The molecule has 0 saturated carbocycles. The molecule has 2 aromatic carbocycles. The maximum absolute atomic E-state index is 12.7. The number of carbonyl (C=O) groups is 2. The molecule has 0 radical (unpaired) electrons. The van der Waals surface area contributed by atoms with Crippen LogP contribution in [-0.2, 0) is 14.8 Å². The summed E-state index contributed by atoms with van der Waals surface area (Å²) in [5.74, 6) is -0.485. The molecule has 0 bridgehead atoms. The van der Waals surface area contributed by atoms with Crippen LogP contribution in [0.2, 0.25) is 0 Å². The van der Waals surface area contributed by atoms with E-state index in [-0.39, 0.29) is 22.5 Å². The Morgan fingerprint density at radius 2 is 1.71 bits per heavy atom. The zero-order chi connectivity index (χ0) is 20.3. The van der Waals surface area contributed by atoms with Crippen molar-refractivity contribution in [2.75, 3.05) is 18.4 Å². The van der Waals surface area contributed by atoms with E-state index in [1.54, 1.807) is 48.5 Å². The third-order valence-electron chi connectivity index (χ3n) is 4.81. The number of rotatable bonds is 5. The monoisotopic (exact) mass is 464 g/mol. The van der Waals surface area contributed by atoms with Gasteiger partial charge in [-0.15, -0.1) is 0 Å². The Bertz CT molecular complexity index is 982. The van der Waals surface area contributed by atoms with Gasteiger partial charge in [0.1, 0.15) is 0 Å². The number of ketones is 1. The van der Waals surface area contributed by atoms with E-state index in [0.717, 1.165) is 4.47 Å². The van der Waals surface area contributed by atoms with Crippen LogP contribution in [0, 0.1) is 5.92 Å². The lowest BCUT2D eigenvalue weighted by Crippen LogP contribution is -2.41. The predicted octanol–water partition coefficient (Wildman–Crippen LogP) is 3.69. The standard InChI is InChI=1S/C20H21BrN2O4S/c1-14(24)16-3-2-4-18(13-16)22-20(25)15-9-11-23(12-10-15)28(26,27)19-7-5-17(21)6-8-19/h2-8,13,15H,9-12H2,1H3,(H,22,25). The number of carbonyl (C=O) groups excluding carboxylic acids is 2. The topological polar surface area (TPSA) is 83.6 Å². The van der Waals surface area contributed by atoms with Crippen LogP contribution in [0.15, 0.2) is 57.9 Å². The second kappa shape index (κ2) is 8.55. The zero-order valence-electron chi connectivity index (χ0n) is 15.4. The largest absolute Gasteiger partial charge is 0.326 e. The summed E-state index contributed by atoms with van der Waals surface area (Å²) >= 11 is 3.30. The molecule has 0 aliphatic carbocycles. The van der Waals surface area contributed by atoms with E-state index in [9.17, 15) is 18.0 Å². The van der Waals surface area contributed by atoms with Crippen molar-refractivity contribution in [1.29, 1.82) is 0 Å². The van der Waals surface area contributed by atoms with Gasteiger partial charge in [0.05, 0.1) is 4.90 Å². The molecular weight excluding hydrogens is 444 g/mol. The Balaban J connectivity index is 1.62. The highest BCUT2D eigenvalue weighted by Gasteiger charge is 2.32. The highest BCUT2D eigenvalue weighted by Crippen LogP contribution is 2.26. The van der Waals surface area contributed by atoms with Gasteiger partial charge >= 0.3 is 0 Å². The normalized spacial score (nSPS) is 15.9. The molecule has 1 saturated heterocycles. The number of nitrogens with one attached hydrogen (secondary N) is 1. The maximum Gasteiger partial charge on any atom is 0.243 e. The summed E-state index contributed by atoms with van der Waals surface area (Å²) in [6, 6.07) is 13.3. The van der Waals surface area contributed by atoms with E-state index in [0.29, 0.717) is 37.2 Å². The van der Waals surface area contributed by atoms with Crippen molar-refractivity contribution < 1.29 is 18.0 Å². The molecule has 3 rings (SSSR count). The Labute approximate surface area is 173 Å². The average Bonchev–Trinajstić information content (AvgIpc) is 2.68. The molecule has 1 fully saturated rings. The van der Waals surface area contributed by atoms with E-state index in [2.05, 4.69) is 21.2 Å². The van der Waals surface area contributed by atoms with Crippen LogP contribution in [0.5, 0.6) is 0 Å². The Morgan fingerprint density at radius 1 is 1.07 bits per heavy atom. The summed E-state index contributed by atoms with van der Waals surface area (Å²) in [7, 11) is -3.56. The van der Waals surface area contributed by atoms with Crippen LogP contribution in [0.4, 0.5) is 5.69 Å². The molecule has 6 nitrogen and oxygen atoms in total. The van der Waals surface area contributed by atoms with Crippen molar-refractivity contribution in [3.8, 4) is 0 Å². The quantitative estimate of drug-likeness (QED) is 0.683. The third-order valence-corrected chi connectivity index (χ3v) is 7.25. The molecule has 1 aliphatic rings. The third kappa shape index (κ3) is 4.68. The number of benzene rings is 2. The minimum Gasteiger partial charge on any atom is -0.326 e. The fourth-order valence-corrected chi connectivity index (χ4v) is 4.91. The first-order valence-corrected chi connectivity index (χ1v) is 11.2. The van der Waals surface area contributed by atoms with E-state index in [1.807, 2.05) is 0 Å². The van der Waals surface area contributed by atoms with Gasteiger partial charge in [-0.1, -0.05) is 28.1 Å². The first kappa shape index (κ1) is 20.7. The first-order valence-electron chi connectivity index (χ1n) is 8.95. The molecule has 0 aromatic heterocycles. The summed E-state index contributed by atoms with van der Waals surface area (Å²) < 4.78 is 27.7. The van der Waals surface area contributed by atoms with Crippen molar-refractivity contribution in [2.45, 2.75) is 24.7 Å². The molecule has 0 atom stereocenters. The van der Waals surface area contributed by atoms with Gasteiger partial charge in [0.2, 0.25) is 15.9 Å². The van der Waals surface area contributed by atoms with Gasteiger partial charge in [0, 0.05) is 34.7 Å². The lowest BCUT2D eigenvalue weighted by atomic mass is 9.97. The first-order chi connectivity index (χ1) is 13.3. The summed E-state index contributed by atoms with van der Waals surface area (Å²) in [4.78, 5) is 24.3. The molecule has 1 amide bonds. The van der Waals surface area contributed by atoms with Crippen LogP contribution in [0.25, 0.3) is 0 Å². The van der Waals surface area contributed by atoms with Crippen molar-refractivity contribution in [3.05, 3.63) is 58.6 Å². The van der Waals surface area contributed by atoms with Crippen LogP contribution in [0.1, 0.15) is 30.1 Å². The molecule has 1 heterocycles. The zero-order valence-corrected chi connectivity index (χ0v) is 17.8. The van der Waals surface area contributed by atoms with Gasteiger partial charge in [-0.3, -0.25) is 9.59 Å². The molecule has 1 N–H and O–H groups in total. The fourth-order valence-electron chi connectivity index (χ4n) is 3.17. The lowest BCUT2D eigenvalue weighted by Gasteiger charge is -2.30. The fraction of sp³-hybridized carbons (Fsp3) is 0.300. The molecule has 0 unspecified atom stereocenters. The number of anilines is 1. The van der Waals surface area contributed by atoms with Crippen LogP contribution >= 0.6 is 15.9 Å². The van der Waals surface area contributed by atoms with Crippen LogP contribution in [-0.4, -0.2) is 37.5 Å². The summed E-state index contributed by atoms with van der Waals surface area (Å²) in [5, 5.41) is 2.83. The number of sulfonamides is 1. The van der Waals surface area contributed by atoms with E-state index in [4.69, 9.17) is 0 Å². The van der Waals surface area contributed by atoms with Gasteiger partial charge in [-0.05, 0) is 56.2 Å². The van der Waals surface area contributed by atoms with E-state index >= 15 is 0 Å². The van der Waals surface area contributed by atoms with Crippen molar-refractivity contribution in [1.82, 2.24) is 4.31 Å². The molecular formula is C20H21BrN2O4S. The maximum atomic E-state index is 12.7. The number of hydrogen-bond acceptors (Lipinski definition) is 4. The van der Waals surface area contributed by atoms with E-state index < -0.39 is 10.0 Å². The Morgan fingerprint density at radius 3 is 2.32 bits per heavy atom. The highest BCUT2D eigenvalue weighted by molar-refractivity contribution is 9.10. The molecule has 28 heavy (non-hydrogen) atoms. The lowest BCUT2D eigenvalue weighted by molar-refractivity contribution is -0.120. The van der Waals surface area contributed by atoms with Crippen LogP contribution < -0.4 is 5.32 Å².